The number of thioether (sulfide) groups is 1. The largest absolute Gasteiger partial charge is 0.322 e. The van der Waals surface area contributed by atoms with Crippen molar-refractivity contribution >= 4 is 57.1 Å². The van der Waals surface area contributed by atoms with Crippen molar-refractivity contribution < 1.29 is 14.0 Å². The molecular weight excluding hydrogens is 465 g/mol. The van der Waals surface area contributed by atoms with Crippen molar-refractivity contribution in [3.05, 3.63) is 82.8 Å². The SMILES string of the molecule is CC(Sc1cccc(NC(=O)c2ccccc2F)c1)C(=O)Nc1nc(-c2cccs2)cs1. The van der Waals surface area contributed by atoms with Gasteiger partial charge in [0, 0.05) is 16.0 Å². The molecule has 0 aliphatic heterocycles. The highest BCUT2D eigenvalue weighted by Gasteiger charge is 2.17. The van der Waals surface area contributed by atoms with Crippen LogP contribution in [0.3, 0.4) is 0 Å². The molecule has 9 heteroatoms. The number of hydrogen-bond donors (Lipinski definition) is 2. The molecule has 2 N–H and O–H groups in total. The fraction of sp³-hybridized carbons (Fsp3) is 0.0870. The first kappa shape index (κ1) is 22.2. The summed E-state index contributed by atoms with van der Waals surface area (Å²) in [5.41, 5.74) is 1.35. The Morgan fingerprint density at radius 3 is 2.66 bits per heavy atom. The average molecular weight is 484 g/mol. The highest BCUT2D eigenvalue weighted by molar-refractivity contribution is 8.00. The molecule has 2 aromatic heterocycles. The highest BCUT2D eigenvalue weighted by Crippen LogP contribution is 2.30. The monoisotopic (exact) mass is 483 g/mol. The Kier molecular flexibility index (Phi) is 6.99. The van der Waals surface area contributed by atoms with Gasteiger partial charge in [0.15, 0.2) is 5.13 Å². The van der Waals surface area contributed by atoms with Crippen molar-refractivity contribution in [3.63, 3.8) is 0 Å². The number of aromatic nitrogens is 1. The first-order valence-corrected chi connectivity index (χ1v) is 12.3. The van der Waals surface area contributed by atoms with Crippen LogP contribution in [0, 0.1) is 5.82 Å². The summed E-state index contributed by atoms with van der Waals surface area (Å²) in [6.07, 6.45) is 0. The third kappa shape index (κ3) is 5.42. The van der Waals surface area contributed by atoms with Gasteiger partial charge in [0.1, 0.15) is 5.82 Å². The molecule has 2 aromatic carbocycles. The molecule has 32 heavy (non-hydrogen) atoms. The summed E-state index contributed by atoms with van der Waals surface area (Å²) in [4.78, 5) is 31.3. The van der Waals surface area contributed by atoms with Gasteiger partial charge in [0.2, 0.25) is 5.91 Å². The van der Waals surface area contributed by atoms with Crippen molar-refractivity contribution in [1.82, 2.24) is 4.98 Å². The Morgan fingerprint density at radius 2 is 1.88 bits per heavy atom. The molecule has 4 aromatic rings. The second-order valence-electron chi connectivity index (χ2n) is 6.73. The molecule has 5 nitrogen and oxygen atoms in total. The van der Waals surface area contributed by atoms with E-state index in [-0.39, 0.29) is 16.7 Å². The topological polar surface area (TPSA) is 71.1 Å². The van der Waals surface area contributed by atoms with E-state index in [0.717, 1.165) is 15.5 Å². The standard InChI is InChI=1S/C23H18FN3O2S3/c1-14(21(28)27-23-26-19(13-31-23)20-10-5-11-30-20)32-16-7-4-6-15(12-16)25-22(29)17-8-2-3-9-18(17)24/h2-14H,1H3,(H,25,29)(H,26,27,28). The van der Waals surface area contributed by atoms with Crippen molar-refractivity contribution in [2.45, 2.75) is 17.1 Å². The fourth-order valence-electron chi connectivity index (χ4n) is 2.82. The van der Waals surface area contributed by atoms with E-state index in [9.17, 15) is 14.0 Å². The van der Waals surface area contributed by atoms with Gasteiger partial charge >= 0.3 is 0 Å². The number of halogens is 1. The summed E-state index contributed by atoms with van der Waals surface area (Å²) >= 11 is 4.34. The van der Waals surface area contributed by atoms with Crippen LogP contribution in [0.5, 0.6) is 0 Å². The molecule has 1 atom stereocenters. The summed E-state index contributed by atoms with van der Waals surface area (Å²) in [5, 5.41) is 9.62. The fourth-order valence-corrected chi connectivity index (χ4v) is 5.22. The van der Waals surface area contributed by atoms with E-state index in [1.54, 1.807) is 42.5 Å². The van der Waals surface area contributed by atoms with Crippen molar-refractivity contribution in [2.24, 2.45) is 0 Å². The molecule has 0 saturated heterocycles. The summed E-state index contributed by atoms with van der Waals surface area (Å²) < 4.78 is 13.8. The van der Waals surface area contributed by atoms with Crippen LogP contribution in [-0.2, 0) is 4.79 Å². The average Bonchev–Trinajstić information content (AvgIpc) is 3.46. The smallest absolute Gasteiger partial charge is 0.258 e. The van der Waals surface area contributed by atoms with Crippen LogP contribution in [0.2, 0.25) is 0 Å². The van der Waals surface area contributed by atoms with Crippen LogP contribution >= 0.6 is 34.4 Å². The number of benzene rings is 2. The second kappa shape index (κ2) is 10.1. The number of rotatable bonds is 7. The summed E-state index contributed by atoms with van der Waals surface area (Å²) in [6.45, 7) is 1.80. The number of nitrogens with one attached hydrogen (secondary N) is 2. The quantitative estimate of drug-likeness (QED) is 0.299. The van der Waals surface area contributed by atoms with Crippen molar-refractivity contribution in [1.29, 1.82) is 0 Å². The number of nitrogens with zero attached hydrogens (tertiary/aromatic N) is 1. The molecule has 0 bridgehead atoms. The number of anilines is 2. The van der Waals surface area contributed by atoms with Gasteiger partial charge in [-0.3, -0.25) is 9.59 Å². The molecule has 0 aliphatic rings. The second-order valence-corrected chi connectivity index (χ2v) is 9.95. The van der Waals surface area contributed by atoms with Crippen LogP contribution in [-0.4, -0.2) is 22.0 Å². The van der Waals surface area contributed by atoms with E-state index < -0.39 is 11.7 Å². The first-order chi connectivity index (χ1) is 15.5. The zero-order chi connectivity index (χ0) is 22.5. The Bertz CT molecular complexity index is 1240. The molecule has 2 amide bonds. The van der Waals surface area contributed by atoms with Gasteiger partial charge in [-0.15, -0.1) is 34.4 Å². The predicted molar refractivity (Wildman–Crippen MR) is 130 cm³/mol. The Morgan fingerprint density at radius 1 is 1.03 bits per heavy atom. The van der Waals surface area contributed by atoms with E-state index in [4.69, 9.17) is 0 Å². The summed E-state index contributed by atoms with van der Waals surface area (Å²) in [6, 6.07) is 16.9. The van der Waals surface area contributed by atoms with E-state index in [0.29, 0.717) is 10.8 Å². The van der Waals surface area contributed by atoms with Crippen LogP contribution in [0.1, 0.15) is 17.3 Å². The van der Waals surface area contributed by atoms with E-state index >= 15 is 0 Å². The molecule has 0 spiro atoms. The van der Waals surface area contributed by atoms with Gasteiger partial charge in [-0.05, 0) is 48.7 Å². The molecule has 0 saturated carbocycles. The van der Waals surface area contributed by atoms with E-state index in [2.05, 4.69) is 15.6 Å². The highest BCUT2D eigenvalue weighted by atomic mass is 32.2. The van der Waals surface area contributed by atoms with E-state index in [1.165, 1.54) is 41.3 Å². The normalized spacial score (nSPS) is 11.7. The number of carbonyl (C=O) groups is 2. The molecule has 0 radical (unpaired) electrons. The van der Waals surface area contributed by atoms with Gasteiger partial charge in [0.25, 0.3) is 5.91 Å². The third-order valence-corrected chi connectivity index (χ3v) is 7.14. The molecule has 0 fully saturated rings. The zero-order valence-electron chi connectivity index (χ0n) is 16.9. The molecule has 0 aliphatic carbocycles. The lowest BCUT2D eigenvalue weighted by Gasteiger charge is -2.12. The molecule has 162 valence electrons. The lowest BCUT2D eigenvalue weighted by atomic mass is 10.2. The minimum absolute atomic E-state index is 0.0244. The Hall–Kier alpha value is -3.01. The van der Waals surface area contributed by atoms with Gasteiger partial charge in [-0.25, -0.2) is 9.37 Å². The lowest BCUT2D eigenvalue weighted by molar-refractivity contribution is -0.115. The van der Waals surface area contributed by atoms with Crippen molar-refractivity contribution in [2.75, 3.05) is 10.6 Å². The maximum atomic E-state index is 13.8. The first-order valence-electron chi connectivity index (χ1n) is 9.62. The third-order valence-electron chi connectivity index (χ3n) is 4.40. The summed E-state index contributed by atoms with van der Waals surface area (Å²) in [7, 11) is 0. The minimum atomic E-state index is -0.578. The van der Waals surface area contributed by atoms with E-state index in [1.807, 2.05) is 29.0 Å². The number of hydrogen-bond acceptors (Lipinski definition) is 6. The molecular formula is C23H18FN3O2S3. The number of thiophene rings is 1. The zero-order valence-corrected chi connectivity index (χ0v) is 19.3. The van der Waals surface area contributed by atoms with Crippen LogP contribution < -0.4 is 10.6 Å². The van der Waals surface area contributed by atoms with Gasteiger partial charge in [0.05, 0.1) is 21.4 Å². The van der Waals surface area contributed by atoms with Crippen LogP contribution in [0.25, 0.3) is 10.6 Å². The Labute approximate surface area is 196 Å². The van der Waals surface area contributed by atoms with Gasteiger partial charge in [-0.2, -0.15) is 0 Å². The molecule has 2 heterocycles. The number of amides is 2. The van der Waals surface area contributed by atoms with Crippen LogP contribution in [0.15, 0.2) is 76.3 Å². The van der Waals surface area contributed by atoms with Crippen LogP contribution in [0.4, 0.5) is 15.2 Å². The minimum Gasteiger partial charge on any atom is -0.322 e. The van der Waals surface area contributed by atoms with Gasteiger partial charge in [-0.1, -0.05) is 24.3 Å². The molecule has 4 rings (SSSR count). The number of thiazole rings is 1. The maximum Gasteiger partial charge on any atom is 0.258 e. The predicted octanol–water partition coefficient (Wildman–Crippen LogP) is 6.38. The lowest BCUT2D eigenvalue weighted by Crippen LogP contribution is -2.22. The summed E-state index contributed by atoms with van der Waals surface area (Å²) in [5.74, 6) is -1.27. The number of carbonyl (C=O) groups excluding carboxylic acids is 2. The Balaban J connectivity index is 1.37. The maximum absolute atomic E-state index is 13.8. The van der Waals surface area contributed by atoms with Gasteiger partial charge < -0.3 is 10.6 Å². The molecule has 1 unspecified atom stereocenters. The van der Waals surface area contributed by atoms with Crippen molar-refractivity contribution in [3.8, 4) is 10.6 Å².